The molecule has 0 saturated carbocycles. The first-order valence-electron chi connectivity index (χ1n) is 5.03. The molecule has 0 aliphatic rings. The van der Waals surface area contributed by atoms with E-state index in [0.717, 1.165) is 17.9 Å². The van der Waals surface area contributed by atoms with E-state index in [0.29, 0.717) is 24.7 Å². The van der Waals surface area contributed by atoms with Crippen LogP contribution >= 0.6 is 0 Å². The molecule has 0 bridgehead atoms. The summed E-state index contributed by atoms with van der Waals surface area (Å²) >= 11 is 0. The second-order valence-electron chi connectivity index (χ2n) is 3.46. The molecule has 0 aliphatic heterocycles. The van der Waals surface area contributed by atoms with E-state index in [2.05, 4.69) is 30.4 Å². The Morgan fingerprint density at radius 3 is 2.69 bits per heavy atom. The number of hydrogen-bond donors (Lipinski definition) is 1. The van der Waals surface area contributed by atoms with Crippen LogP contribution in [0, 0.1) is 13.8 Å². The molecular weight excluding hydrogens is 210 g/mol. The van der Waals surface area contributed by atoms with Crippen molar-refractivity contribution in [3.8, 4) is 0 Å². The summed E-state index contributed by atoms with van der Waals surface area (Å²) in [6.07, 6.45) is 0.700. The van der Waals surface area contributed by atoms with Crippen molar-refractivity contribution in [1.29, 1.82) is 0 Å². The van der Waals surface area contributed by atoms with Crippen molar-refractivity contribution in [3.05, 3.63) is 23.1 Å². The average Bonchev–Trinajstić information content (AvgIpc) is 2.83. The maximum Gasteiger partial charge on any atom is 0.227 e. The number of nitrogens with zero attached hydrogens (tertiary/aromatic N) is 4. The summed E-state index contributed by atoms with van der Waals surface area (Å²) in [4.78, 5) is 4.10. The van der Waals surface area contributed by atoms with E-state index in [1.165, 1.54) is 0 Å². The Labute approximate surface area is 92.2 Å². The zero-order valence-electron chi connectivity index (χ0n) is 9.23. The van der Waals surface area contributed by atoms with Crippen molar-refractivity contribution in [1.82, 2.24) is 25.8 Å². The molecule has 0 aliphatic carbocycles. The van der Waals surface area contributed by atoms with E-state index >= 15 is 0 Å². The van der Waals surface area contributed by atoms with E-state index in [1.54, 1.807) is 6.92 Å². The second kappa shape index (κ2) is 4.84. The largest absolute Gasteiger partial charge is 0.339 e. The molecule has 0 fully saturated rings. The molecule has 0 aromatic carbocycles. The van der Waals surface area contributed by atoms with E-state index in [-0.39, 0.29) is 0 Å². The lowest BCUT2D eigenvalue weighted by molar-refractivity contribution is 0.300. The summed E-state index contributed by atoms with van der Waals surface area (Å²) in [7, 11) is 0. The van der Waals surface area contributed by atoms with Crippen LogP contribution in [0.25, 0.3) is 0 Å². The highest BCUT2D eigenvalue weighted by Gasteiger charge is 2.05. The molecular formula is C9H13N5O2. The third-order valence-electron chi connectivity index (χ3n) is 2.12. The van der Waals surface area contributed by atoms with Gasteiger partial charge in [-0.1, -0.05) is 15.5 Å². The van der Waals surface area contributed by atoms with E-state index in [9.17, 15) is 0 Å². The molecule has 0 radical (unpaired) electrons. The van der Waals surface area contributed by atoms with Gasteiger partial charge < -0.3 is 9.84 Å². The van der Waals surface area contributed by atoms with E-state index in [1.807, 2.05) is 6.92 Å². The number of rotatable bonds is 5. The predicted octanol–water partition coefficient (Wildman–Crippen LogP) is 0.402. The van der Waals surface area contributed by atoms with E-state index in [4.69, 9.17) is 4.52 Å². The van der Waals surface area contributed by atoms with Gasteiger partial charge >= 0.3 is 0 Å². The lowest BCUT2D eigenvalue weighted by Gasteiger charge is -1.98. The standard InChI is InChI=1S/C9H13N5O2/c1-6-8(14-16-12-6)5-10-4-3-9-11-7(2)13-15-9/h10H,3-5H2,1-2H3. The molecule has 0 atom stereocenters. The van der Waals surface area contributed by atoms with Crippen LogP contribution in [0.4, 0.5) is 0 Å². The van der Waals surface area contributed by atoms with Crippen LogP contribution < -0.4 is 5.32 Å². The zero-order chi connectivity index (χ0) is 11.4. The highest BCUT2D eigenvalue weighted by molar-refractivity contribution is 5.03. The van der Waals surface area contributed by atoms with Gasteiger partial charge in [0, 0.05) is 19.5 Å². The van der Waals surface area contributed by atoms with Gasteiger partial charge in [0.25, 0.3) is 0 Å². The van der Waals surface area contributed by atoms with Crippen LogP contribution in [0.15, 0.2) is 9.15 Å². The highest BCUT2D eigenvalue weighted by atomic mass is 16.6. The Hall–Kier alpha value is -1.76. The van der Waals surface area contributed by atoms with Crippen LogP contribution in [0.1, 0.15) is 23.1 Å². The Bertz CT molecular complexity index is 450. The number of hydrogen-bond acceptors (Lipinski definition) is 7. The zero-order valence-corrected chi connectivity index (χ0v) is 9.23. The minimum atomic E-state index is 0.627. The molecule has 7 heteroatoms. The number of aryl methyl sites for hydroxylation is 2. The number of nitrogens with one attached hydrogen (secondary N) is 1. The van der Waals surface area contributed by atoms with E-state index < -0.39 is 0 Å². The number of aromatic nitrogens is 4. The Morgan fingerprint density at radius 1 is 1.19 bits per heavy atom. The van der Waals surface area contributed by atoms with Crippen LogP contribution in [-0.4, -0.2) is 27.0 Å². The summed E-state index contributed by atoms with van der Waals surface area (Å²) in [6, 6.07) is 0. The second-order valence-corrected chi connectivity index (χ2v) is 3.46. The van der Waals surface area contributed by atoms with Crippen LogP contribution in [0.5, 0.6) is 0 Å². The van der Waals surface area contributed by atoms with Gasteiger partial charge in [0.15, 0.2) is 5.82 Å². The molecule has 1 N–H and O–H groups in total. The van der Waals surface area contributed by atoms with Crippen molar-refractivity contribution in [3.63, 3.8) is 0 Å². The first-order valence-corrected chi connectivity index (χ1v) is 5.03. The van der Waals surface area contributed by atoms with Crippen molar-refractivity contribution in [2.45, 2.75) is 26.8 Å². The summed E-state index contributed by atoms with van der Waals surface area (Å²) < 4.78 is 9.56. The average molecular weight is 223 g/mol. The summed E-state index contributed by atoms with van der Waals surface area (Å²) in [5, 5.41) is 14.4. The molecule has 2 rings (SSSR count). The first-order chi connectivity index (χ1) is 7.75. The summed E-state index contributed by atoms with van der Waals surface area (Å²) in [5.41, 5.74) is 1.63. The molecule has 0 unspecified atom stereocenters. The third kappa shape index (κ3) is 2.63. The fourth-order valence-corrected chi connectivity index (χ4v) is 1.25. The Morgan fingerprint density at radius 2 is 2.06 bits per heavy atom. The monoisotopic (exact) mass is 223 g/mol. The van der Waals surface area contributed by atoms with Gasteiger partial charge in [0.2, 0.25) is 5.89 Å². The van der Waals surface area contributed by atoms with Gasteiger partial charge in [-0.15, -0.1) is 0 Å². The maximum absolute atomic E-state index is 4.98. The highest BCUT2D eigenvalue weighted by Crippen LogP contribution is 2.00. The van der Waals surface area contributed by atoms with Crippen molar-refractivity contribution in [2.24, 2.45) is 0 Å². The Balaban J connectivity index is 1.71. The molecule has 2 aromatic heterocycles. The molecule has 2 heterocycles. The molecule has 0 amide bonds. The Kier molecular flexibility index (Phi) is 3.25. The van der Waals surface area contributed by atoms with Crippen LogP contribution in [-0.2, 0) is 13.0 Å². The quantitative estimate of drug-likeness (QED) is 0.734. The summed E-state index contributed by atoms with van der Waals surface area (Å²) in [6.45, 7) is 5.02. The molecule has 16 heavy (non-hydrogen) atoms. The van der Waals surface area contributed by atoms with Crippen LogP contribution in [0.2, 0.25) is 0 Å². The predicted molar refractivity (Wildman–Crippen MR) is 53.5 cm³/mol. The smallest absolute Gasteiger partial charge is 0.227 e. The maximum atomic E-state index is 4.98. The van der Waals surface area contributed by atoms with Gasteiger partial charge in [-0.2, -0.15) is 4.98 Å². The topological polar surface area (TPSA) is 89.9 Å². The SMILES string of the molecule is Cc1noc(CCNCc2nonc2C)n1. The van der Waals surface area contributed by atoms with Crippen molar-refractivity contribution >= 4 is 0 Å². The fourth-order valence-electron chi connectivity index (χ4n) is 1.25. The van der Waals surface area contributed by atoms with Gasteiger partial charge in [-0.25, -0.2) is 4.63 Å². The lowest BCUT2D eigenvalue weighted by Crippen LogP contribution is -2.17. The molecule has 2 aromatic rings. The lowest BCUT2D eigenvalue weighted by atomic mass is 10.3. The molecule has 86 valence electrons. The molecule has 7 nitrogen and oxygen atoms in total. The summed E-state index contributed by atoms with van der Waals surface area (Å²) in [5.74, 6) is 1.30. The van der Waals surface area contributed by atoms with Gasteiger partial charge in [0.05, 0.1) is 0 Å². The van der Waals surface area contributed by atoms with Crippen molar-refractivity contribution in [2.75, 3.05) is 6.54 Å². The molecule has 0 spiro atoms. The molecule has 0 saturated heterocycles. The fraction of sp³-hybridized carbons (Fsp3) is 0.556. The van der Waals surface area contributed by atoms with Gasteiger partial charge in [-0.3, -0.25) is 0 Å². The minimum absolute atomic E-state index is 0.627. The minimum Gasteiger partial charge on any atom is -0.339 e. The normalized spacial score (nSPS) is 10.9. The third-order valence-corrected chi connectivity index (χ3v) is 2.12. The van der Waals surface area contributed by atoms with Crippen molar-refractivity contribution < 1.29 is 9.15 Å². The van der Waals surface area contributed by atoms with Gasteiger partial charge in [0.1, 0.15) is 11.4 Å². The van der Waals surface area contributed by atoms with Crippen LogP contribution in [0.3, 0.4) is 0 Å². The van der Waals surface area contributed by atoms with Gasteiger partial charge in [-0.05, 0) is 13.8 Å². The first kappa shape index (κ1) is 10.7.